The number of carbonyl (C=O) groups excluding carboxylic acids is 2. The summed E-state index contributed by atoms with van der Waals surface area (Å²) in [7, 11) is 0. The molecule has 1 aromatic heterocycles. The van der Waals surface area contributed by atoms with Gasteiger partial charge < -0.3 is 14.5 Å². The highest BCUT2D eigenvalue weighted by Crippen LogP contribution is 2.28. The molecule has 1 heterocycles. The number of hydrogen-bond acceptors (Lipinski definition) is 4. The second-order valence-electron chi connectivity index (χ2n) is 5.95. The summed E-state index contributed by atoms with van der Waals surface area (Å²) in [6.07, 6.45) is -0.925. The van der Waals surface area contributed by atoms with Crippen LogP contribution in [-0.4, -0.2) is 18.0 Å². The smallest absolute Gasteiger partial charge is 0.375 e. The number of carbonyl (C=O) groups is 2. The monoisotopic (exact) mass is 415 g/mol. The molecule has 1 atom stereocenters. The Balaban J connectivity index is 1.65. The number of ether oxygens (including phenoxy) is 1. The first-order chi connectivity index (χ1) is 12.5. The van der Waals surface area contributed by atoms with E-state index in [0.717, 1.165) is 15.4 Å². The molecular weight excluding hydrogens is 398 g/mol. The quantitative estimate of drug-likeness (QED) is 0.628. The molecule has 0 fully saturated rings. The molecular formula is C20H18BrNO4. The van der Waals surface area contributed by atoms with Crippen molar-refractivity contribution in [1.29, 1.82) is 0 Å². The molecule has 3 rings (SSSR count). The molecule has 134 valence electrons. The summed E-state index contributed by atoms with van der Waals surface area (Å²) < 4.78 is 11.8. The molecule has 0 aliphatic rings. The number of halogens is 1. The number of rotatable bonds is 5. The Hall–Kier alpha value is -2.60. The molecule has 0 aliphatic heterocycles. The van der Waals surface area contributed by atoms with Gasteiger partial charge >= 0.3 is 5.97 Å². The number of esters is 1. The van der Waals surface area contributed by atoms with Gasteiger partial charge in [-0.25, -0.2) is 4.79 Å². The van der Waals surface area contributed by atoms with Crippen LogP contribution < -0.4 is 5.32 Å². The highest BCUT2D eigenvalue weighted by molar-refractivity contribution is 9.10. The molecule has 0 bridgehead atoms. The van der Waals surface area contributed by atoms with Crippen molar-refractivity contribution in [2.75, 3.05) is 0 Å². The van der Waals surface area contributed by atoms with Gasteiger partial charge in [0.25, 0.3) is 5.91 Å². The summed E-state index contributed by atoms with van der Waals surface area (Å²) in [6.45, 7) is 3.70. The van der Waals surface area contributed by atoms with Crippen LogP contribution in [0.4, 0.5) is 0 Å². The molecule has 0 spiro atoms. The van der Waals surface area contributed by atoms with Crippen molar-refractivity contribution in [1.82, 2.24) is 5.32 Å². The zero-order valence-electron chi connectivity index (χ0n) is 14.4. The van der Waals surface area contributed by atoms with E-state index in [4.69, 9.17) is 9.15 Å². The molecule has 1 N–H and O–H groups in total. The fourth-order valence-electron chi connectivity index (χ4n) is 2.58. The van der Waals surface area contributed by atoms with Crippen LogP contribution in [-0.2, 0) is 16.1 Å². The van der Waals surface area contributed by atoms with E-state index in [0.29, 0.717) is 17.7 Å². The Morgan fingerprint density at radius 1 is 1.19 bits per heavy atom. The van der Waals surface area contributed by atoms with Crippen LogP contribution in [0.1, 0.15) is 28.6 Å². The van der Waals surface area contributed by atoms with Crippen molar-refractivity contribution in [2.24, 2.45) is 0 Å². The number of amides is 1. The topological polar surface area (TPSA) is 68.5 Å². The number of hydrogen-bond donors (Lipinski definition) is 1. The maximum atomic E-state index is 12.4. The summed E-state index contributed by atoms with van der Waals surface area (Å²) in [6, 6.07) is 15.0. The third-order valence-corrected chi connectivity index (χ3v) is 4.54. The van der Waals surface area contributed by atoms with Crippen LogP contribution in [0.5, 0.6) is 0 Å². The number of benzene rings is 2. The largest absolute Gasteiger partial charge is 0.449 e. The van der Waals surface area contributed by atoms with Crippen LogP contribution in [0.2, 0.25) is 0 Å². The van der Waals surface area contributed by atoms with Gasteiger partial charge in [0.05, 0.1) is 0 Å². The van der Waals surface area contributed by atoms with Gasteiger partial charge in [0.1, 0.15) is 5.58 Å². The van der Waals surface area contributed by atoms with Crippen LogP contribution >= 0.6 is 15.9 Å². The van der Waals surface area contributed by atoms with Gasteiger partial charge in [0, 0.05) is 22.0 Å². The van der Waals surface area contributed by atoms with Gasteiger partial charge in [0.2, 0.25) is 5.76 Å². The lowest BCUT2D eigenvalue weighted by molar-refractivity contribution is -0.129. The SMILES string of the molecule is Cc1c(C(=O)O[C@@H](C)C(=O)NCc2ccccc2)oc2ccc(Br)cc12. The maximum Gasteiger partial charge on any atom is 0.375 e. The zero-order chi connectivity index (χ0) is 18.7. The van der Waals surface area contributed by atoms with Crippen molar-refractivity contribution in [3.05, 3.63) is 69.9 Å². The van der Waals surface area contributed by atoms with E-state index in [2.05, 4.69) is 21.2 Å². The molecule has 3 aromatic rings. The van der Waals surface area contributed by atoms with Crippen LogP contribution in [0.3, 0.4) is 0 Å². The first-order valence-electron chi connectivity index (χ1n) is 8.17. The van der Waals surface area contributed by atoms with Gasteiger partial charge in [-0.3, -0.25) is 4.79 Å². The van der Waals surface area contributed by atoms with Gasteiger partial charge in [0.15, 0.2) is 6.10 Å². The van der Waals surface area contributed by atoms with E-state index in [9.17, 15) is 9.59 Å². The molecule has 1 amide bonds. The third-order valence-electron chi connectivity index (χ3n) is 4.05. The van der Waals surface area contributed by atoms with Crippen molar-refractivity contribution in [3.8, 4) is 0 Å². The molecule has 2 aromatic carbocycles. The highest BCUT2D eigenvalue weighted by atomic mass is 79.9. The minimum absolute atomic E-state index is 0.112. The van der Waals surface area contributed by atoms with Crippen molar-refractivity contribution in [3.63, 3.8) is 0 Å². The zero-order valence-corrected chi connectivity index (χ0v) is 16.0. The molecule has 0 radical (unpaired) electrons. The third kappa shape index (κ3) is 3.96. The standard InChI is InChI=1S/C20H18BrNO4/c1-12-16-10-15(21)8-9-17(16)26-18(12)20(24)25-13(2)19(23)22-11-14-6-4-3-5-7-14/h3-10,13H,11H2,1-2H3,(H,22,23)/t13-/m0/s1. The Bertz CT molecular complexity index is 949. The Labute approximate surface area is 159 Å². The molecule has 0 saturated carbocycles. The molecule has 0 aliphatic carbocycles. The first kappa shape index (κ1) is 18.2. The van der Waals surface area contributed by atoms with Crippen LogP contribution in [0, 0.1) is 6.92 Å². The van der Waals surface area contributed by atoms with Gasteiger partial charge in [-0.1, -0.05) is 46.3 Å². The summed E-state index contributed by atoms with van der Waals surface area (Å²) in [5.41, 5.74) is 2.25. The average molecular weight is 416 g/mol. The second-order valence-corrected chi connectivity index (χ2v) is 6.86. The predicted molar refractivity (Wildman–Crippen MR) is 102 cm³/mol. The van der Waals surface area contributed by atoms with E-state index < -0.39 is 12.1 Å². The number of nitrogens with one attached hydrogen (secondary N) is 1. The number of aryl methyl sites for hydroxylation is 1. The molecule has 6 heteroatoms. The van der Waals surface area contributed by atoms with Crippen molar-refractivity contribution >= 4 is 38.8 Å². The van der Waals surface area contributed by atoms with Crippen LogP contribution in [0.15, 0.2) is 57.4 Å². The maximum absolute atomic E-state index is 12.4. The Kier molecular flexibility index (Phi) is 5.42. The van der Waals surface area contributed by atoms with E-state index >= 15 is 0 Å². The Morgan fingerprint density at radius 3 is 2.65 bits per heavy atom. The molecule has 0 unspecified atom stereocenters. The average Bonchev–Trinajstić information content (AvgIpc) is 2.97. The van der Waals surface area contributed by atoms with Crippen molar-refractivity contribution in [2.45, 2.75) is 26.5 Å². The van der Waals surface area contributed by atoms with E-state index in [1.165, 1.54) is 6.92 Å². The summed E-state index contributed by atoms with van der Waals surface area (Å²) >= 11 is 3.40. The minimum atomic E-state index is -0.925. The minimum Gasteiger partial charge on any atom is -0.449 e. The van der Waals surface area contributed by atoms with E-state index in [1.54, 1.807) is 13.0 Å². The van der Waals surface area contributed by atoms with E-state index in [-0.39, 0.29) is 11.7 Å². The van der Waals surface area contributed by atoms with Gasteiger partial charge in [-0.15, -0.1) is 0 Å². The second kappa shape index (κ2) is 7.74. The van der Waals surface area contributed by atoms with Crippen molar-refractivity contribution < 1.29 is 18.7 Å². The molecule has 5 nitrogen and oxygen atoms in total. The predicted octanol–water partition coefficient (Wildman–Crippen LogP) is 4.37. The molecule has 26 heavy (non-hydrogen) atoms. The summed E-state index contributed by atoms with van der Waals surface area (Å²) in [5, 5.41) is 3.58. The fraction of sp³-hybridized carbons (Fsp3) is 0.200. The van der Waals surface area contributed by atoms with Crippen LogP contribution in [0.25, 0.3) is 11.0 Å². The molecule has 0 saturated heterocycles. The normalized spacial score (nSPS) is 12.0. The Morgan fingerprint density at radius 2 is 1.92 bits per heavy atom. The van der Waals surface area contributed by atoms with Gasteiger partial charge in [-0.2, -0.15) is 0 Å². The lowest BCUT2D eigenvalue weighted by atomic mass is 10.1. The van der Waals surface area contributed by atoms with Gasteiger partial charge in [-0.05, 0) is 37.6 Å². The summed E-state index contributed by atoms with van der Waals surface area (Å²) in [5.74, 6) is -0.906. The lowest BCUT2D eigenvalue weighted by Crippen LogP contribution is -2.35. The first-order valence-corrected chi connectivity index (χ1v) is 8.96. The number of fused-ring (bicyclic) bond motifs is 1. The fourth-order valence-corrected chi connectivity index (χ4v) is 2.95. The summed E-state index contributed by atoms with van der Waals surface area (Å²) in [4.78, 5) is 24.6. The van der Waals surface area contributed by atoms with E-state index in [1.807, 2.05) is 42.5 Å². The number of furan rings is 1. The highest BCUT2D eigenvalue weighted by Gasteiger charge is 2.24. The lowest BCUT2D eigenvalue weighted by Gasteiger charge is -2.13.